The first kappa shape index (κ1) is 22.4. The molecule has 0 spiro atoms. The number of thioether (sulfide) groups is 1. The number of aryl methyl sites for hydroxylation is 1. The van der Waals surface area contributed by atoms with Crippen LogP contribution in [0.4, 0.5) is 5.00 Å². The van der Waals surface area contributed by atoms with Crippen molar-refractivity contribution in [1.29, 1.82) is 5.26 Å². The Morgan fingerprint density at radius 2 is 2.06 bits per heavy atom. The van der Waals surface area contributed by atoms with E-state index in [4.69, 9.17) is 9.15 Å². The third-order valence-electron chi connectivity index (χ3n) is 5.38. The van der Waals surface area contributed by atoms with Crippen LogP contribution in [0.5, 0.6) is 5.75 Å². The SMILES string of the molecule is COc1ccc(Cc2nnc(S[C@H](C)C(=O)Nc3sc4c(c3C#N)CCCCC4)o2)cc1. The van der Waals surface area contributed by atoms with Crippen molar-refractivity contribution in [1.82, 2.24) is 10.2 Å². The van der Waals surface area contributed by atoms with Crippen LogP contribution >= 0.6 is 23.1 Å². The molecule has 2 heterocycles. The number of hydrogen-bond acceptors (Lipinski definition) is 8. The zero-order chi connectivity index (χ0) is 22.5. The van der Waals surface area contributed by atoms with Crippen LogP contribution in [-0.2, 0) is 24.1 Å². The summed E-state index contributed by atoms with van der Waals surface area (Å²) in [5.41, 5.74) is 2.76. The fourth-order valence-electron chi connectivity index (χ4n) is 3.64. The largest absolute Gasteiger partial charge is 0.497 e. The van der Waals surface area contributed by atoms with Gasteiger partial charge in [-0.1, -0.05) is 30.3 Å². The second-order valence-corrected chi connectivity index (χ2v) is 10.0. The number of amides is 1. The lowest BCUT2D eigenvalue weighted by Gasteiger charge is -2.09. The maximum Gasteiger partial charge on any atom is 0.277 e. The van der Waals surface area contributed by atoms with E-state index in [1.54, 1.807) is 14.0 Å². The lowest BCUT2D eigenvalue weighted by Crippen LogP contribution is -2.22. The van der Waals surface area contributed by atoms with Crippen LogP contribution in [0.25, 0.3) is 0 Å². The van der Waals surface area contributed by atoms with Gasteiger partial charge in [-0.05, 0) is 55.9 Å². The van der Waals surface area contributed by atoms with Gasteiger partial charge in [0.05, 0.1) is 24.3 Å². The van der Waals surface area contributed by atoms with Crippen molar-refractivity contribution in [3.05, 3.63) is 51.7 Å². The van der Waals surface area contributed by atoms with E-state index in [0.29, 0.717) is 28.1 Å². The summed E-state index contributed by atoms with van der Waals surface area (Å²) in [6.45, 7) is 1.79. The lowest BCUT2D eigenvalue weighted by atomic mass is 10.1. The number of aromatic nitrogens is 2. The zero-order valence-corrected chi connectivity index (χ0v) is 19.6. The molecule has 9 heteroatoms. The van der Waals surface area contributed by atoms with E-state index in [1.165, 1.54) is 34.4 Å². The summed E-state index contributed by atoms with van der Waals surface area (Å²) in [7, 11) is 1.63. The maximum absolute atomic E-state index is 12.8. The summed E-state index contributed by atoms with van der Waals surface area (Å²) in [5.74, 6) is 1.09. The zero-order valence-electron chi connectivity index (χ0n) is 18.0. The number of thiophene rings is 1. The molecule has 1 N–H and O–H groups in total. The first-order chi connectivity index (χ1) is 15.6. The van der Waals surface area contributed by atoms with Crippen LogP contribution in [-0.4, -0.2) is 28.5 Å². The number of nitriles is 1. The standard InChI is InChI=1S/C23H24N4O3S2/c1-14(21(28)25-22-18(13-24)17-6-4-3-5-7-19(17)32-22)31-23-27-26-20(30-23)12-15-8-10-16(29-2)11-9-15/h8-11,14H,3-7,12H2,1-2H3,(H,25,28)/t14-/m1/s1. The van der Waals surface area contributed by atoms with Gasteiger partial charge in [-0.15, -0.1) is 21.5 Å². The van der Waals surface area contributed by atoms with Crippen LogP contribution in [0, 0.1) is 11.3 Å². The Hall–Kier alpha value is -2.83. The van der Waals surface area contributed by atoms with Crippen LogP contribution in [0.15, 0.2) is 33.9 Å². The molecule has 0 radical (unpaired) electrons. The van der Waals surface area contributed by atoms with Gasteiger partial charge >= 0.3 is 0 Å². The van der Waals surface area contributed by atoms with Gasteiger partial charge in [-0.25, -0.2) is 0 Å². The molecule has 0 saturated carbocycles. The number of carbonyl (C=O) groups is 1. The van der Waals surface area contributed by atoms with Crippen molar-refractivity contribution in [2.24, 2.45) is 0 Å². The highest BCUT2D eigenvalue weighted by atomic mass is 32.2. The number of fused-ring (bicyclic) bond motifs is 1. The second kappa shape index (κ2) is 10.2. The fraction of sp³-hybridized carbons (Fsp3) is 0.391. The van der Waals surface area contributed by atoms with Crippen LogP contribution in [0.3, 0.4) is 0 Å². The van der Waals surface area contributed by atoms with E-state index in [0.717, 1.165) is 42.6 Å². The van der Waals surface area contributed by atoms with Gasteiger partial charge in [0.1, 0.15) is 16.8 Å². The van der Waals surface area contributed by atoms with Crippen LogP contribution in [0.1, 0.15) is 53.6 Å². The Morgan fingerprint density at radius 1 is 1.28 bits per heavy atom. The quantitative estimate of drug-likeness (QED) is 0.385. The fourth-order valence-corrected chi connectivity index (χ4v) is 5.59. The van der Waals surface area contributed by atoms with E-state index in [1.807, 2.05) is 24.3 Å². The first-order valence-electron chi connectivity index (χ1n) is 10.5. The van der Waals surface area contributed by atoms with Crippen molar-refractivity contribution in [3.63, 3.8) is 0 Å². The summed E-state index contributed by atoms with van der Waals surface area (Å²) in [4.78, 5) is 14.0. The number of nitrogens with zero attached hydrogens (tertiary/aromatic N) is 3. The van der Waals surface area contributed by atoms with E-state index in [9.17, 15) is 10.1 Å². The topological polar surface area (TPSA) is 101 Å². The highest BCUT2D eigenvalue weighted by Crippen LogP contribution is 2.37. The molecule has 1 amide bonds. The molecular formula is C23H24N4O3S2. The molecule has 4 rings (SSSR count). The lowest BCUT2D eigenvalue weighted by molar-refractivity contribution is -0.115. The summed E-state index contributed by atoms with van der Waals surface area (Å²) in [6, 6.07) is 9.96. The molecule has 166 valence electrons. The number of rotatable bonds is 7. The van der Waals surface area contributed by atoms with Crippen molar-refractivity contribution in [3.8, 4) is 11.8 Å². The smallest absolute Gasteiger partial charge is 0.277 e. The van der Waals surface area contributed by atoms with Gasteiger partial charge in [0.15, 0.2) is 0 Å². The molecular weight excluding hydrogens is 444 g/mol. The van der Waals surface area contributed by atoms with Crippen LogP contribution in [0.2, 0.25) is 0 Å². The van der Waals surface area contributed by atoms with Crippen LogP contribution < -0.4 is 10.1 Å². The molecule has 32 heavy (non-hydrogen) atoms. The third-order valence-corrected chi connectivity index (χ3v) is 7.52. The highest BCUT2D eigenvalue weighted by molar-refractivity contribution is 8.00. The molecule has 2 aromatic heterocycles. The van der Waals surface area contributed by atoms with Gasteiger partial charge in [-0.3, -0.25) is 4.79 Å². The van der Waals surface area contributed by atoms with Gasteiger partial charge in [-0.2, -0.15) is 5.26 Å². The monoisotopic (exact) mass is 468 g/mol. The van der Waals surface area contributed by atoms with E-state index in [2.05, 4.69) is 21.6 Å². The molecule has 0 bridgehead atoms. The number of hydrogen-bond donors (Lipinski definition) is 1. The molecule has 0 saturated heterocycles. The number of anilines is 1. The molecule has 1 atom stereocenters. The van der Waals surface area contributed by atoms with Gasteiger partial charge in [0, 0.05) is 4.88 Å². The van der Waals surface area contributed by atoms with Crippen molar-refractivity contribution >= 4 is 34.0 Å². The Kier molecular flexibility index (Phi) is 7.12. The summed E-state index contributed by atoms with van der Waals surface area (Å²) in [6.07, 6.45) is 5.81. The predicted octanol–water partition coefficient (Wildman–Crippen LogP) is 4.99. The molecule has 1 aromatic carbocycles. The molecule has 1 aliphatic carbocycles. The normalized spacial score (nSPS) is 14.2. The molecule has 0 aliphatic heterocycles. The first-order valence-corrected chi connectivity index (χ1v) is 12.2. The Bertz CT molecular complexity index is 1130. The summed E-state index contributed by atoms with van der Waals surface area (Å²) in [5, 5.41) is 21.3. The Morgan fingerprint density at radius 3 is 2.81 bits per heavy atom. The van der Waals surface area contributed by atoms with Crippen molar-refractivity contribution < 1.29 is 13.9 Å². The van der Waals surface area contributed by atoms with Crippen molar-refractivity contribution in [2.75, 3.05) is 12.4 Å². The third kappa shape index (κ3) is 5.14. The summed E-state index contributed by atoms with van der Waals surface area (Å²) < 4.78 is 10.9. The van der Waals surface area contributed by atoms with Crippen molar-refractivity contribution in [2.45, 2.75) is 55.9 Å². The van der Waals surface area contributed by atoms with Gasteiger partial charge < -0.3 is 14.5 Å². The molecule has 0 unspecified atom stereocenters. The Balaban J connectivity index is 1.38. The van der Waals surface area contributed by atoms with E-state index < -0.39 is 5.25 Å². The minimum absolute atomic E-state index is 0.183. The number of methoxy groups -OCH3 is 1. The number of benzene rings is 1. The minimum atomic E-state index is -0.447. The Labute approximate surface area is 195 Å². The van der Waals surface area contributed by atoms with Gasteiger partial charge in [0.25, 0.3) is 5.22 Å². The average Bonchev–Trinajstić information content (AvgIpc) is 3.29. The predicted molar refractivity (Wildman–Crippen MR) is 124 cm³/mol. The maximum atomic E-state index is 12.8. The minimum Gasteiger partial charge on any atom is -0.497 e. The second-order valence-electron chi connectivity index (χ2n) is 7.62. The van der Waals surface area contributed by atoms with E-state index >= 15 is 0 Å². The molecule has 0 fully saturated rings. The highest BCUT2D eigenvalue weighted by Gasteiger charge is 2.24. The average molecular weight is 469 g/mol. The number of nitrogens with one attached hydrogen (secondary N) is 1. The number of ether oxygens (including phenoxy) is 1. The number of carbonyl (C=O) groups excluding carboxylic acids is 1. The van der Waals surface area contributed by atoms with Gasteiger partial charge in [0.2, 0.25) is 11.8 Å². The molecule has 7 nitrogen and oxygen atoms in total. The van der Waals surface area contributed by atoms with E-state index in [-0.39, 0.29) is 5.91 Å². The summed E-state index contributed by atoms with van der Waals surface area (Å²) >= 11 is 2.75. The molecule has 3 aromatic rings. The molecule has 1 aliphatic rings.